The molecule has 0 bridgehead atoms. The van der Waals surface area contributed by atoms with Crippen LogP contribution in [0.4, 0.5) is 0 Å². The third-order valence-corrected chi connectivity index (χ3v) is 0.805. The van der Waals surface area contributed by atoms with Crippen molar-refractivity contribution in [3.05, 3.63) is 6.61 Å². The van der Waals surface area contributed by atoms with Gasteiger partial charge in [0.1, 0.15) is 0 Å². The van der Waals surface area contributed by atoms with Gasteiger partial charge in [-0.2, -0.15) is 0 Å². The molecular formula is C10H23O6. The minimum Gasteiger partial charge on any atom is -0.481 e. The Kier molecular flexibility index (Phi) is 30.8. The first-order valence-corrected chi connectivity index (χ1v) is 4.95. The summed E-state index contributed by atoms with van der Waals surface area (Å²) >= 11 is 0. The number of hydrogen-bond acceptors (Lipinski definition) is 5. The standard InChI is InChI=1S/C4H10O3.C4H9O.C2H4O2/c5-1-3-7-4-2-6;1-3-5-4-2;1-2(3)4/h5-6H,1-4H2;3H,4H2,1-2H3;1H3,(H,3,4). The molecule has 1 radical (unpaired) electrons. The number of aliphatic hydroxyl groups is 2. The van der Waals surface area contributed by atoms with Gasteiger partial charge in [0.05, 0.1) is 33.0 Å². The second-order valence-corrected chi connectivity index (χ2v) is 2.27. The molecule has 0 spiro atoms. The molecular weight excluding hydrogens is 216 g/mol. The Bertz CT molecular complexity index is 108. The number of rotatable bonds is 6. The molecule has 0 aromatic heterocycles. The Labute approximate surface area is 96.8 Å². The summed E-state index contributed by atoms with van der Waals surface area (Å²) in [7, 11) is 0. The maximum absolute atomic E-state index is 9.00. The van der Waals surface area contributed by atoms with E-state index in [9.17, 15) is 0 Å². The first kappa shape index (κ1) is 20.7. The minimum atomic E-state index is -0.833. The van der Waals surface area contributed by atoms with Crippen LogP contribution in [0.25, 0.3) is 0 Å². The predicted molar refractivity (Wildman–Crippen MR) is 59.9 cm³/mol. The normalized spacial score (nSPS) is 8.31. The van der Waals surface area contributed by atoms with Crippen molar-refractivity contribution in [2.75, 3.05) is 33.0 Å². The Morgan fingerprint density at radius 2 is 1.62 bits per heavy atom. The van der Waals surface area contributed by atoms with Gasteiger partial charge < -0.3 is 24.8 Å². The lowest BCUT2D eigenvalue weighted by atomic mass is 10.7. The van der Waals surface area contributed by atoms with Crippen LogP contribution in [0.3, 0.4) is 0 Å². The van der Waals surface area contributed by atoms with Gasteiger partial charge in [-0.1, -0.05) is 0 Å². The topological polar surface area (TPSA) is 96.2 Å². The van der Waals surface area contributed by atoms with Crippen LogP contribution in [0.5, 0.6) is 0 Å². The molecule has 0 aliphatic rings. The highest BCUT2D eigenvalue weighted by molar-refractivity contribution is 5.62. The summed E-state index contributed by atoms with van der Waals surface area (Å²) in [4.78, 5) is 9.00. The van der Waals surface area contributed by atoms with Crippen molar-refractivity contribution in [3.63, 3.8) is 0 Å². The fourth-order valence-corrected chi connectivity index (χ4v) is 0.398. The largest absolute Gasteiger partial charge is 0.481 e. The third kappa shape index (κ3) is 71.5. The molecule has 0 aliphatic heterocycles. The van der Waals surface area contributed by atoms with Gasteiger partial charge >= 0.3 is 0 Å². The van der Waals surface area contributed by atoms with Crippen LogP contribution in [0, 0.1) is 6.61 Å². The van der Waals surface area contributed by atoms with E-state index in [4.69, 9.17) is 24.9 Å². The van der Waals surface area contributed by atoms with E-state index in [2.05, 4.69) is 4.74 Å². The minimum absolute atomic E-state index is 0.0278. The van der Waals surface area contributed by atoms with Crippen LogP contribution in [0.1, 0.15) is 20.8 Å². The zero-order valence-electron chi connectivity index (χ0n) is 10.2. The van der Waals surface area contributed by atoms with Gasteiger partial charge in [-0.25, -0.2) is 0 Å². The number of ether oxygens (including phenoxy) is 2. The molecule has 6 heteroatoms. The number of carboxylic acids is 1. The van der Waals surface area contributed by atoms with E-state index in [0.29, 0.717) is 13.2 Å². The molecule has 0 aliphatic carbocycles. The summed E-state index contributed by atoms with van der Waals surface area (Å²) in [6, 6.07) is 0. The molecule has 0 saturated carbocycles. The zero-order chi connectivity index (χ0) is 13.2. The Morgan fingerprint density at radius 1 is 1.25 bits per heavy atom. The molecule has 0 aromatic carbocycles. The molecule has 0 aromatic rings. The molecule has 16 heavy (non-hydrogen) atoms. The van der Waals surface area contributed by atoms with Gasteiger partial charge in [0, 0.05) is 13.5 Å². The smallest absolute Gasteiger partial charge is 0.300 e. The first-order chi connectivity index (χ1) is 7.56. The van der Waals surface area contributed by atoms with Crippen LogP contribution < -0.4 is 0 Å². The SMILES string of the molecule is CC(=O)O.C[CH]OCC.OCCOCCO. The average molecular weight is 239 g/mol. The summed E-state index contributed by atoms with van der Waals surface area (Å²) in [6.07, 6.45) is 0. The summed E-state index contributed by atoms with van der Waals surface area (Å²) < 4.78 is 9.34. The Balaban J connectivity index is -0.000000166. The maximum atomic E-state index is 9.00. The summed E-state index contributed by atoms with van der Waals surface area (Å²) in [5.74, 6) is -0.833. The first-order valence-electron chi connectivity index (χ1n) is 4.95. The van der Waals surface area contributed by atoms with Crippen LogP contribution in [0.2, 0.25) is 0 Å². The van der Waals surface area contributed by atoms with Gasteiger partial charge in [0.2, 0.25) is 0 Å². The fraction of sp³-hybridized carbons (Fsp3) is 0.800. The molecule has 0 unspecified atom stereocenters. The Morgan fingerprint density at radius 3 is 1.75 bits per heavy atom. The molecule has 0 fully saturated rings. The van der Waals surface area contributed by atoms with E-state index in [-0.39, 0.29) is 13.2 Å². The monoisotopic (exact) mass is 239 g/mol. The van der Waals surface area contributed by atoms with Crippen molar-refractivity contribution in [1.29, 1.82) is 0 Å². The predicted octanol–water partition coefficient (Wildman–Crippen LogP) is 0.283. The number of carbonyl (C=O) groups is 1. The van der Waals surface area contributed by atoms with E-state index < -0.39 is 5.97 Å². The van der Waals surface area contributed by atoms with E-state index in [0.717, 1.165) is 13.5 Å². The van der Waals surface area contributed by atoms with E-state index in [1.807, 2.05) is 13.8 Å². The van der Waals surface area contributed by atoms with E-state index >= 15 is 0 Å². The molecule has 3 N–H and O–H groups in total. The van der Waals surface area contributed by atoms with Crippen molar-refractivity contribution in [2.45, 2.75) is 20.8 Å². The van der Waals surface area contributed by atoms with Gasteiger partial charge in [-0.15, -0.1) is 0 Å². The Hall–Kier alpha value is -0.690. The van der Waals surface area contributed by atoms with Crippen LogP contribution in [-0.4, -0.2) is 54.3 Å². The molecule has 0 rings (SSSR count). The van der Waals surface area contributed by atoms with Gasteiger partial charge in [-0.3, -0.25) is 4.79 Å². The number of aliphatic carboxylic acids is 1. The zero-order valence-corrected chi connectivity index (χ0v) is 10.2. The van der Waals surface area contributed by atoms with Crippen LogP contribution in [0.15, 0.2) is 0 Å². The third-order valence-electron chi connectivity index (χ3n) is 0.805. The molecule has 6 nitrogen and oxygen atoms in total. The van der Waals surface area contributed by atoms with Crippen molar-refractivity contribution in [3.8, 4) is 0 Å². The lowest BCUT2D eigenvalue weighted by molar-refractivity contribution is -0.134. The lowest BCUT2D eigenvalue weighted by Crippen LogP contribution is -2.03. The summed E-state index contributed by atoms with van der Waals surface area (Å²) in [6.45, 7) is 8.07. The highest BCUT2D eigenvalue weighted by Crippen LogP contribution is 1.72. The molecule has 0 atom stereocenters. The number of carboxylic acid groups (broad SMARTS) is 1. The summed E-state index contributed by atoms with van der Waals surface area (Å²) in [5.41, 5.74) is 0. The van der Waals surface area contributed by atoms with Crippen molar-refractivity contribution in [2.24, 2.45) is 0 Å². The number of aliphatic hydroxyl groups excluding tert-OH is 2. The lowest BCUT2D eigenvalue weighted by Gasteiger charge is -1.94. The van der Waals surface area contributed by atoms with Gasteiger partial charge in [0.15, 0.2) is 0 Å². The fourth-order valence-electron chi connectivity index (χ4n) is 0.398. The van der Waals surface area contributed by atoms with E-state index in [1.165, 1.54) is 0 Å². The van der Waals surface area contributed by atoms with Crippen LogP contribution >= 0.6 is 0 Å². The number of hydrogen-bond donors (Lipinski definition) is 3. The van der Waals surface area contributed by atoms with Gasteiger partial charge in [0.25, 0.3) is 5.97 Å². The summed E-state index contributed by atoms with van der Waals surface area (Å²) in [5, 5.41) is 23.6. The quantitative estimate of drug-likeness (QED) is 0.576. The highest BCUT2D eigenvalue weighted by Gasteiger charge is 1.79. The highest BCUT2D eigenvalue weighted by atomic mass is 16.5. The average Bonchev–Trinajstić information content (AvgIpc) is 2.20. The van der Waals surface area contributed by atoms with Crippen molar-refractivity contribution >= 4 is 5.97 Å². The van der Waals surface area contributed by atoms with E-state index in [1.54, 1.807) is 6.61 Å². The van der Waals surface area contributed by atoms with Gasteiger partial charge in [-0.05, 0) is 13.8 Å². The molecule has 99 valence electrons. The second-order valence-electron chi connectivity index (χ2n) is 2.27. The van der Waals surface area contributed by atoms with Crippen molar-refractivity contribution in [1.82, 2.24) is 0 Å². The molecule has 0 amide bonds. The second kappa shape index (κ2) is 23.8. The molecule has 0 heterocycles. The van der Waals surface area contributed by atoms with Crippen molar-refractivity contribution < 1.29 is 29.6 Å². The van der Waals surface area contributed by atoms with Crippen LogP contribution in [-0.2, 0) is 14.3 Å². The maximum Gasteiger partial charge on any atom is 0.300 e. The molecule has 0 saturated heterocycles.